The van der Waals surface area contributed by atoms with E-state index in [1.807, 2.05) is 18.2 Å². The van der Waals surface area contributed by atoms with Gasteiger partial charge in [0.05, 0.1) is 26.9 Å². The molecule has 1 aromatic carbocycles. The molecule has 1 unspecified atom stereocenters. The molecule has 0 bridgehead atoms. The van der Waals surface area contributed by atoms with Gasteiger partial charge in [-0.05, 0) is 18.2 Å². The predicted octanol–water partition coefficient (Wildman–Crippen LogP) is 2.37. The molecule has 4 heteroatoms. The second-order valence-corrected chi connectivity index (χ2v) is 4.34. The van der Waals surface area contributed by atoms with Gasteiger partial charge in [-0.2, -0.15) is 0 Å². The Kier molecular flexibility index (Phi) is 3.61. The molecule has 0 radical (unpaired) electrons. The van der Waals surface area contributed by atoms with E-state index < -0.39 is 0 Å². The Morgan fingerprint density at radius 1 is 1.53 bits per heavy atom. The van der Waals surface area contributed by atoms with E-state index in [9.17, 15) is 0 Å². The van der Waals surface area contributed by atoms with Crippen LogP contribution in [0.4, 0.5) is 0 Å². The molecule has 2 rings (SSSR count). The summed E-state index contributed by atoms with van der Waals surface area (Å²) in [4.78, 5) is 0. The van der Waals surface area contributed by atoms with Crippen LogP contribution < -0.4 is 4.74 Å². The fourth-order valence-electron chi connectivity index (χ4n) is 1.32. The van der Waals surface area contributed by atoms with Crippen molar-refractivity contribution in [2.75, 3.05) is 20.3 Å². The number of halogens is 1. The maximum atomic E-state index is 5.52. The van der Waals surface area contributed by atoms with Crippen LogP contribution in [0.2, 0.25) is 0 Å². The van der Waals surface area contributed by atoms with Gasteiger partial charge in [-0.3, -0.25) is 0 Å². The predicted molar refractivity (Wildman–Crippen MR) is 60.1 cm³/mol. The average Bonchev–Trinajstić information content (AvgIpc) is 3.02. The summed E-state index contributed by atoms with van der Waals surface area (Å²) in [6.45, 7) is 2.05. The van der Waals surface area contributed by atoms with Crippen molar-refractivity contribution in [1.29, 1.82) is 0 Å². The quantitative estimate of drug-likeness (QED) is 0.772. The summed E-state index contributed by atoms with van der Waals surface area (Å²) in [5.41, 5.74) is 1.05. The summed E-state index contributed by atoms with van der Waals surface area (Å²) in [6, 6.07) is 5.88. The average molecular weight is 273 g/mol. The number of hydrogen-bond acceptors (Lipinski definition) is 3. The largest absolute Gasteiger partial charge is 0.496 e. The molecule has 0 amide bonds. The van der Waals surface area contributed by atoms with Crippen LogP contribution in [0.5, 0.6) is 5.75 Å². The molecule has 1 aliphatic heterocycles. The smallest absolute Gasteiger partial charge is 0.124 e. The summed E-state index contributed by atoms with van der Waals surface area (Å²) in [5, 5.41) is 0. The SMILES string of the molecule is COc1ccc(Br)cc1COCC1CO1. The molecule has 3 nitrogen and oxygen atoms in total. The zero-order chi connectivity index (χ0) is 10.7. The standard InChI is InChI=1S/C11H13BrO3/c1-13-11-3-2-9(12)4-8(11)5-14-6-10-7-15-10/h2-4,10H,5-7H2,1H3. The zero-order valence-electron chi connectivity index (χ0n) is 8.53. The second kappa shape index (κ2) is 4.96. The van der Waals surface area contributed by atoms with E-state index in [2.05, 4.69) is 15.9 Å². The Balaban J connectivity index is 1.94. The second-order valence-electron chi connectivity index (χ2n) is 3.43. The lowest BCUT2D eigenvalue weighted by molar-refractivity contribution is 0.102. The lowest BCUT2D eigenvalue weighted by atomic mass is 10.2. The highest BCUT2D eigenvalue weighted by atomic mass is 79.9. The molecule has 0 aliphatic carbocycles. The topological polar surface area (TPSA) is 31.0 Å². The van der Waals surface area contributed by atoms with Crippen LogP contribution in [0.3, 0.4) is 0 Å². The minimum absolute atomic E-state index is 0.308. The maximum absolute atomic E-state index is 5.52. The van der Waals surface area contributed by atoms with Crippen LogP contribution in [-0.2, 0) is 16.1 Å². The highest BCUT2D eigenvalue weighted by molar-refractivity contribution is 9.10. The molecule has 1 aliphatic rings. The third-order valence-electron chi connectivity index (χ3n) is 2.21. The van der Waals surface area contributed by atoms with Crippen molar-refractivity contribution < 1.29 is 14.2 Å². The van der Waals surface area contributed by atoms with Gasteiger partial charge in [0.25, 0.3) is 0 Å². The Labute approximate surface area is 97.5 Å². The van der Waals surface area contributed by atoms with Gasteiger partial charge in [-0.1, -0.05) is 15.9 Å². The lowest BCUT2D eigenvalue weighted by Crippen LogP contribution is -2.02. The minimum Gasteiger partial charge on any atom is -0.496 e. The third-order valence-corrected chi connectivity index (χ3v) is 2.70. The summed E-state index contributed by atoms with van der Waals surface area (Å²) in [5.74, 6) is 0.856. The van der Waals surface area contributed by atoms with Gasteiger partial charge in [-0.15, -0.1) is 0 Å². The third kappa shape index (κ3) is 3.19. The Morgan fingerprint density at radius 2 is 2.33 bits per heavy atom. The van der Waals surface area contributed by atoms with E-state index in [0.717, 1.165) is 22.4 Å². The van der Waals surface area contributed by atoms with Crippen LogP contribution in [0.1, 0.15) is 5.56 Å². The van der Waals surface area contributed by atoms with Crippen molar-refractivity contribution in [3.63, 3.8) is 0 Å². The van der Waals surface area contributed by atoms with E-state index in [1.54, 1.807) is 7.11 Å². The van der Waals surface area contributed by atoms with Crippen molar-refractivity contribution in [2.45, 2.75) is 12.7 Å². The van der Waals surface area contributed by atoms with Crippen LogP contribution in [0, 0.1) is 0 Å². The maximum Gasteiger partial charge on any atom is 0.124 e. The lowest BCUT2D eigenvalue weighted by Gasteiger charge is -2.08. The van der Waals surface area contributed by atoms with Gasteiger partial charge in [0.15, 0.2) is 0 Å². The van der Waals surface area contributed by atoms with Crippen molar-refractivity contribution in [3.8, 4) is 5.75 Å². The molecule has 0 spiro atoms. The van der Waals surface area contributed by atoms with Crippen molar-refractivity contribution >= 4 is 15.9 Å². The van der Waals surface area contributed by atoms with Gasteiger partial charge < -0.3 is 14.2 Å². The highest BCUT2D eigenvalue weighted by Gasteiger charge is 2.22. The number of ether oxygens (including phenoxy) is 3. The molecule has 1 heterocycles. The first-order valence-electron chi connectivity index (χ1n) is 4.81. The van der Waals surface area contributed by atoms with Gasteiger partial charge in [-0.25, -0.2) is 0 Å². The van der Waals surface area contributed by atoms with Crippen molar-refractivity contribution in [3.05, 3.63) is 28.2 Å². The Hall–Kier alpha value is -0.580. The fourth-order valence-corrected chi connectivity index (χ4v) is 1.73. The number of epoxide rings is 1. The summed E-state index contributed by atoms with van der Waals surface area (Å²) in [6.07, 6.45) is 0.308. The summed E-state index contributed by atoms with van der Waals surface area (Å²) >= 11 is 3.42. The molecule has 0 N–H and O–H groups in total. The highest BCUT2D eigenvalue weighted by Crippen LogP contribution is 2.24. The van der Waals surface area contributed by atoms with E-state index in [1.165, 1.54) is 0 Å². The summed E-state index contributed by atoms with van der Waals surface area (Å²) < 4.78 is 16.8. The molecule has 1 aromatic rings. The first-order chi connectivity index (χ1) is 7.29. The molecule has 1 fully saturated rings. The molecule has 82 valence electrons. The van der Waals surface area contributed by atoms with Crippen LogP contribution in [0.15, 0.2) is 22.7 Å². The van der Waals surface area contributed by atoms with E-state index in [-0.39, 0.29) is 0 Å². The Bertz CT molecular complexity index is 337. The summed E-state index contributed by atoms with van der Waals surface area (Å²) in [7, 11) is 1.66. The van der Waals surface area contributed by atoms with Gasteiger partial charge in [0.1, 0.15) is 11.9 Å². The van der Waals surface area contributed by atoms with E-state index >= 15 is 0 Å². The van der Waals surface area contributed by atoms with Crippen molar-refractivity contribution in [1.82, 2.24) is 0 Å². The molecule has 1 saturated heterocycles. The number of benzene rings is 1. The first-order valence-corrected chi connectivity index (χ1v) is 5.60. The van der Waals surface area contributed by atoms with Crippen LogP contribution in [0.25, 0.3) is 0 Å². The number of hydrogen-bond donors (Lipinski definition) is 0. The van der Waals surface area contributed by atoms with Crippen molar-refractivity contribution in [2.24, 2.45) is 0 Å². The van der Waals surface area contributed by atoms with Gasteiger partial charge in [0, 0.05) is 10.0 Å². The zero-order valence-corrected chi connectivity index (χ0v) is 10.1. The fraction of sp³-hybridized carbons (Fsp3) is 0.455. The molecule has 15 heavy (non-hydrogen) atoms. The molecular formula is C11H13BrO3. The van der Waals surface area contributed by atoms with E-state index in [4.69, 9.17) is 14.2 Å². The Morgan fingerprint density at radius 3 is 3.00 bits per heavy atom. The molecule has 1 atom stereocenters. The minimum atomic E-state index is 0.308. The molecule has 0 aromatic heterocycles. The normalized spacial score (nSPS) is 18.9. The van der Waals surface area contributed by atoms with Gasteiger partial charge in [0.2, 0.25) is 0 Å². The van der Waals surface area contributed by atoms with Crippen LogP contribution >= 0.6 is 15.9 Å². The number of methoxy groups -OCH3 is 1. The first kappa shape index (κ1) is 10.9. The van der Waals surface area contributed by atoms with Gasteiger partial charge >= 0.3 is 0 Å². The van der Waals surface area contributed by atoms with E-state index in [0.29, 0.717) is 19.3 Å². The molecular weight excluding hydrogens is 260 g/mol. The monoisotopic (exact) mass is 272 g/mol. The molecule has 0 saturated carbocycles. The number of rotatable bonds is 5. The van der Waals surface area contributed by atoms with Crippen LogP contribution in [-0.4, -0.2) is 26.4 Å².